The monoisotopic (exact) mass is 408 g/mol. The summed E-state index contributed by atoms with van der Waals surface area (Å²) in [5.74, 6) is 1.23. The molecule has 2 aromatic rings. The smallest absolute Gasteiger partial charge is 0.163 e. The molecule has 2 unspecified atom stereocenters. The summed E-state index contributed by atoms with van der Waals surface area (Å²) in [5.41, 5.74) is 0.658. The molecule has 1 aromatic carbocycles. The number of aromatic nitrogens is 2. The van der Waals surface area contributed by atoms with Gasteiger partial charge < -0.3 is 29.5 Å². The molecule has 0 aliphatic rings. The molecule has 0 aliphatic carbocycles. The lowest BCUT2D eigenvalue weighted by Gasteiger charge is -2.25. The lowest BCUT2D eigenvalue weighted by Crippen LogP contribution is -2.34. The summed E-state index contributed by atoms with van der Waals surface area (Å²) in [5, 5.41) is 20.1. The van der Waals surface area contributed by atoms with E-state index in [2.05, 4.69) is 9.97 Å². The Morgan fingerprint density at radius 3 is 1.76 bits per heavy atom. The fourth-order valence-corrected chi connectivity index (χ4v) is 2.85. The van der Waals surface area contributed by atoms with E-state index in [0.29, 0.717) is 36.1 Å². The minimum Gasteiger partial charge on any atom is -0.389 e. The van der Waals surface area contributed by atoms with Crippen molar-refractivity contribution in [2.24, 2.45) is 0 Å². The highest BCUT2D eigenvalue weighted by Gasteiger charge is 2.17. The maximum absolute atomic E-state index is 13.3. The van der Waals surface area contributed by atoms with Crippen molar-refractivity contribution in [3.05, 3.63) is 36.1 Å². The number of rotatable bonds is 11. The summed E-state index contributed by atoms with van der Waals surface area (Å²) in [6, 6.07) is 7.69. The molecule has 9 heteroatoms. The molecule has 0 aliphatic heterocycles. The van der Waals surface area contributed by atoms with Crippen molar-refractivity contribution in [1.82, 2.24) is 9.97 Å². The van der Waals surface area contributed by atoms with E-state index < -0.39 is 12.2 Å². The van der Waals surface area contributed by atoms with Gasteiger partial charge in [0.15, 0.2) is 5.82 Å². The van der Waals surface area contributed by atoms with Gasteiger partial charge in [0, 0.05) is 53.0 Å². The van der Waals surface area contributed by atoms with Gasteiger partial charge in [-0.25, -0.2) is 14.4 Å². The molecule has 29 heavy (non-hydrogen) atoms. The Morgan fingerprint density at radius 2 is 1.34 bits per heavy atom. The van der Waals surface area contributed by atoms with Gasteiger partial charge in [-0.1, -0.05) is 0 Å². The van der Waals surface area contributed by atoms with Crippen LogP contribution >= 0.6 is 0 Å². The average Bonchev–Trinajstić information content (AvgIpc) is 2.68. The molecule has 2 atom stereocenters. The van der Waals surface area contributed by atoms with Crippen molar-refractivity contribution >= 4 is 11.6 Å². The van der Waals surface area contributed by atoms with Gasteiger partial charge in [0.05, 0.1) is 25.4 Å². The van der Waals surface area contributed by atoms with Gasteiger partial charge in [0.2, 0.25) is 0 Å². The molecule has 160 valence electrons. The molecule has 8 nitrogen and oxygen atoms in total. The zero-order valence-corrected chi connectivity index (χ0v) is 17.2. The van der Waals surface area contributed by atoms with Gasteiger partial charge in [-0.3, -0.25) is 0 Å². The van der Waals surface area contributed by atoms with E-state index >= 15 is 0 Å². The molecule has 1 aromatic heterocycles. The molecule has 0 saturated heterocycles. The number of likely N-dealkylation sites (N-methyl/N-ethyl adjacent to an activating group) is 2. The first-order valence-electron chi connectivity index (χ1n) is 9.25. The zero-order valence-electron chi connectivity index (χ0n) is 17.2. The molecular formula is C20H29FN4O4. The van der Waals surface area contributed by atoms with Gasteiger partial charge in [-0.05, 0) is 24.3 Å². The number of aliphatic hydroxyl groups excluding tert-OH is 2. The first-order chi connectivity index (χ1) is 13.8. The predicted octanol–water partition coefficient (Wildman–Crippen LogP) is 1.17. The van der Waals surface area contributed by atoms with Gasteiger partial charge in [-0.2, -0.15) is 0 Å². The molecule has 0 bridgehead atoms. The van der Waals surface area contributed by atoms with Gasteiger partial charge >= 0.3 is 0 Å². The maximum Gasteiger partial charge on any atom is 0.163 e. The second kappa shape index (κ2) is 11.0. The fraction of sp³-hybridized carbons (Fsp3) is 0.500. The lowest BCUT2D eigenvalue weighted by molar-refractivity contribution is 0.0693. The summed E-state index contributed by atoms with van der Waals surface area (Å²) in [7, 11) is 6.66. The Kier molecular flexibility index (Phi) is 8.71. The third-order valence-electron chi connectivity index (χ3n) is 4.27. The molecule has 0 fully saturated rings. The second-order valence-electron chi connectivity index (χ2n) is 6.89. The highest BCUT2D eigenvalue weighted by atomic mass is 19.1. The van der Waals surface area contributed by atoms with Gasteiger partial charge in [-0.15, -0.1) is 0 Å². The van der Waals surface area contributed by atoms with E-state index in [4.69, 9.17) is 9.47 Å². The summed E-state index contributed by atoms with van der Waals surface area (Å²) < 4.78 is 23.3. The minimum atomic E-state index is -0.682. The molecule has 0 spiro atoms. The van der Waals surface area contributed by atoms with E-state index in [1.165, 1.54) is 26.4 Å². The van der Waals surface area contributed by atoms with Crippen LogP contribution in [-0.2, 0) is 9.47 Å². The third kappa shape index (κ3) is 6.90. The number of methoxy groups -OCH3 is 2. The second-order valence-corrected chi connectivity index (χ2v) is 6.89. The van der Waals surface area contributed by atoms with Crippen LogP contribution in [0.5, 0.6) is 0 Å². The number of aliphatic hydroxyl groups is 2. The third-order valence-corrected chi connectivity index (χ3v) is 4.27. The van der Waals surface area contributed by atoms with Crippen LogP contribution in [-0.4, -0.2) is 87.0 Å². The van der Waals surface area contributed by atoms with Crippen LogP contribution in [0.15, 0.2) is 30.3 Å². The number of anilines is 2. The predicted molar refractivity (Wildman–Crippen MR) is 110 cm³/mol. The molecule has 1 heterocycles. The van der Waals surface area contributed by atoms with E-state index in [1.807, 2.05) is 0 Å². The molecule has 0 radical (unpaired) electrons. The zero-order chi connectivity index (χ0) is 21.4. The van der Waals surface area contributed by atoms with E-state index in [-0.39, 0.29) is 19.0 Å². The van der Waals surface area contributed by atoms with Gasteiger partial charge in [0.25, 0.3) is 0 Å². The van der Waals surface area contributed by atoms with Crippen molar-refractivity contribution in [1.29, 1.82) is 0 Å². The van der Waals surface area contributed by atoms with E-state index in [9.17, 15) is 14.6 Å². The van der Waals surface area contributed by atoms with Gasteiger partial charge in [0.1, 0.15) is 17.5 Å². The standard InChI is InChI=1S/C20H29FN4O4/c1-24(10-16(26)12-28-3)18-9-19(25(2)11-17(27)13-29-4)23-20(22-18)14-5-7-15(21)8-6-14/h5-9,16-17,26-27H,10-13H2,1-4H3. The lowest BCUT2D eigenvalue weighted by atomic mass is 10.2. The maximum atomic E-state index is 13.3. The van der Waals surface area contributed by atoms with Crippen LogP contribution in [0.2, 0.25) is 0 Å². The van der Waals surface area contributed by atoms with Crippen LogP contribution in [0.3, 0.4) is 0 Å². The topological polar surface area (TPSA) is 91.2 Å². The first-order valence-corrected chi connectivity index (χ1v) is 9.25. The summed E-state index contributed by atoms with van der Waals surface area (Å²) in [6.45, 7) is 1.03. The minimum absolute atomic E-state index is 0.205. The van der Waals surface area contributed by atoms with Crippen LogP contribution in [0.1, 0.15) is 0 Å². The van der Waals surface area contributed by atoms with E-state index in [1.54, 1.807) is 42.1 Å². The Labute approximate surface area is 170 Å². The first kappa shape index (κ1) is 23.0. The molecule has 0 saturated carbocycles. The van der Waals surface area contributed by atoms with Crippen molar-refractivity contribution in [2.75, 3.05) is 64.4 Å². The number of ether oxygens (including phenoxy) is 2. The quantitative estimate of drug-likeness (QED) is 0.573. The number of halogens is 1. The van der Waals surface area contributed by atoms with Crippen molar-refractivity contribution in [2.45, 2.75) is 12.2 Å². The normalized spacial score (nSPS) is 13.2. The Morgan fingerprint density at radius 1 is 0.897 bits per heavy atom. The van der Waals surface area contributed by atoms with Crippen LogP contribution in [0.25, 0.3) is 11.4 Å². The number of nitrogens with zero attached hydrogens (tertiary/aromatic N) is 4. The summed E-state index contributed by atoms with van der Waals surface area (Å²) in [6.07, 6.45) is -1.36. The van der Waals surface area contributed by atoms with Crippen LogP contribution in [0.4, 0.5) is 16.0 Å². The summed E-state index contributed by atoms with van der Waals surface area (Å²) in [4.78, 5) is 12.7. The van der Waals surface area contributed by atoms with Crippen LogP contribution in [0, 0.1) is 5.82 Å². The summed E-state index contributed by atoms with van der Waals surface area (Å²) >= 11 is 0. The molecular weight excluding hydrogens is 379 g/mol. The number of hydrogen-bond acceptors (Lipinski definition) is 8. The average molecular weight is 408 g/mol. The van der Waals surface area contributed by atoms with E-state index in [0.717, 1.165) is 0 Å². The Hall–Kier alpha value is -2.33. The van der Waals surface area contributed by atoms with Crippen molar-refractivity contribution < 1.29 is 24.1 Å². The Bertz CT molecular complexity index is 724. The molecule has 2 rings (SSSR count). The fourth-order valence-electron chi connectivity index (χ4n) is 2.85. The highest BCUT2D eigenvalue weighted by molar-refractivity contribution is 5.62. The molecule has 0 amide bonds. The van der Waals surface area contributed by atoms with Crippen LogP contribution < -0.4 is 9.80 Å². The largest absolute Gasteiger partial charge is 0.389 e. The van der Waals surface area contributed by atoms with Crippen molar-refractivity contribution in [3.63, 3.8) is 0 Å². The number of hydrogen-bond donors (Lipinski definition) is 2. The van der Waals surface area contributed by atoms with Crippen molar-refractivity contribution in [3.8, 4) is 11.4 Å². The number of benzene rings is 1. The SMILES string of the molecule is COCC(O)CN(C)c1cc(N(C)CC(O)COC)nc(-c2ccc(F)cc2)n1. The molecule has 2 N–H and O–H groups in total. The Balaban J connectivity index is 2.36. The highest BCUT2D eigenvalue weighted by Crippen LogP contribution is 2.24.